The van der Waals surface area contributed by atoms with Crippen molar-refractivity contribution >= 4 is 99.5 Å². The molecule has 4 nitrogen and oxygen atoms in total. The van der Waals surface area contributed by atoms with Crippen LogP contribution in [0.3, 0.4) is 0 Å². The van der Waals surface area contributed by atoms with E-state index in [-0.39, 0.29) is 0 Å². The van der Waals surface area contributed by atoms with Crippen LogP contribution < -0.4 is 9.80 Å². The van der Waals surface area contributed by atoms with Crippen LogP contribution in [0.15, 0.2) is 173 Å². The van der Waals surface area contributed by atoms with Gasteiger partial charge in [-0.05, 0) is 187 Å². The van der Waals surface area contributed by atoms with Crippen LogP contribution in [0.5, 0.6) is 0 Å². The molecule has 0 radical (unpaired) electrons. The van der Waals surface area contributed by atoms with E-state index in [9.17, 15) is 0 Å². The summed E-state index contributed by atoms with van der Waals surface area (Å²) < 4.78 is 13.5. The molecule has 11 aromatic rings. The fourth-order valence-electron chi connectivity index (χ4n) is 9.06. The average Bonchev–Trinajstić information content (AvgIpc) is 3.76. The number of furan rings is 2. The number of aryl methyl sites for hydroxylation is 5. The molecular weight excluding hydrogens is 721 g/mol. The largest absolute Gasteiger partial charge is 0.456 e. The molecule has 0 unspecified atom stereocenters. The first-order chi connectivity index (χ1) is 28.7. The van der Waals surface area contributed by atoms with E-state index in [4.69, 9.17) is 8.83 Å². The van der Waals surface area contributed by atoms with E-state index in [1.54, 1.807) is 0 Å². The van der Waals surface area contributed by atoms with Gasteiger partial charge in [0.25, 0.3) is 0 Å². The lowest BCUT2D eigenvalue weighted by atomic mass is 9.99. The molecular formula is C55H42N2O2. The number of anilines is 6. The smallest absolute Gasteiger partial charge is 0.139 e. The van der Waals surface area contributed by atoms with E-state index in [1.807, 2.05) is 0 Å². The van der Waals surface area contributed by atoms with E-state index < -0.39 is 0 Å². The van der Waals surface area contributed by atoms with Gasteiger partial charge in [0, 0.05) is 55.7 Å². The molecule has 284 valence electrons. The Labute approximate surface area is 343 Å². The van der Waals surface area contributed by atoms with Crippen LogP contribution in [0.2, 0.25) is 0 Å². The first kappa shape index (κ1) is 34.9. The van der Waals surface area contributed by atoms with E-state index >= 15 is 0 Å². The lowest BCUT2D eigenvalue weighted by Gasteiger charge is -2.26. The molecule has 9 aromatic carbocycles. The van der Waals surface area contributed by atoms with Crippen molar-refractivity contribution in [3.63, 3.8) is 0 Å². The van der Waals surface area contributed by atoms with Crippen LogP contribution in [0, 0.1) is 34.6 Å². The summed E-state index contributed by atoms with van der Waals surface area (Å²) in [5, 5.41) is 8.93. The maximum atomic E-state index is 6.79. The van der Waals surface area contributed by atoms with Crippen molar-refractivity contribution in [3.05, 3.63) is 192 Å². The third kappa shape index (κ3) is 5.90. The first-order valence-corrected chi connectivity index (χ1v) is 20.3. The fraction of sp³-hybridized carbons (Fsp3) is 0.0909. The molecule has 0 amide bonds. The third-order valence-corrected chi connectivity index (χ3v) is 11.8. The SMILES string of the molecule is Cc1cccc(N(c2cccc(C)c2)c2ccc3cc4c(cc3c2)oc2cc(C)c3oc5cc6cc(N(c7cccc(C)c7)c7cccc(C)c7)ccc6cc5c3c24)c1. The van der Waals surface area contributed by atoms with Crippen molar-refractivity contribution in [1.82, 2.24) is 0 Å². The van der Waals surface area contributed by atoms with Gasteiger partial charge >= 0.3 is 0 Å². The van der Waals surface area contributed by atoms with Crippen molar-refractivity contribution in [2.45, 2.75) is 34.6 Å². The van der Waals surface area contributed by atoms with E-state index in [2.05, 4.69) is 208 Å². The van der Waals surface area contributed by atoms with Crippen LogP contribution in [0.1, 0.15) is 27.8 Å². The molecule has 11 rings (SSSR count). The Morgan fingerprint density at radius 1 is 0.322 bits per heavy atom. The highest BCUT2D eigenvalue weighted by Gasteiger charge is 2.21. The summed E-state index contributed by atoms with van der Waals surface area (Å²) in [5.41, 5.74) is 16.1. The lowest BCUT2D eigenvalue weighted by Crippen LogP contribution is -2.10. The number of benzene rings is 9. The Bertz CT molecular complexity index is 3390. The maximum absolute atomic E-state index is 6.79. The minimum atomic E-state index is 0.862. The van der Waals surface area contributed by atoms with Gasteiger partial charge in [0.15, 0.2) is 0 Å². The molecule has 0 aliphatic heterocycles. The predicted molar refractivity (Wildman–Crippen MR) is 249 cm³/mol. The summed E-state index contributed by atoms with van der Waals surface area (Å²) in [6.07, 6.45) is 0. The van der Waals surface area contributed by atoms with Crippen LogP contribution in [0.25, 0.3) is 65.4 Å². The minimum absolute atomic E-state index is 0.862. The zero-order valence-corrected chi connectivity index (χ0v) is 33.8. The van der Waals surface area contributed by atoms with Gasteiger partial charge in [-0.2, -0.15) is 0 Å². The zero-order chi connectivity index (χ0) is 39.9. The van der Waals surface area contributed by atoms with Crippen molar-refractivity contribution in [2.24, 2.45) is 0 Å². The molecule has 0 N–H and O–H groups in total. The lowest BCUT2D eigenvalue weighted by molar-refractivity contribution is 0.660. The van der Waals surface area contributed by atoms with Crippen LogP contribution in [0.4, 0.5) is 34.1 Å². The fourth-order valence-corrected chi connectivity index (χ4v) is 9.06. The Morgan fingerprint density at radius 3 is 1.17 bits per heavy atom. The molecule has 59 heavy (non-hydrogen) atoms. The standard InChI is InChI=1S/C55H42N2O2/c1-33-10-6-14-42(22-33)56(43-15-7-11-34(2)23-43)46-20-18-38-29-48-50(31-40(38)27-46)58-52-26-37(5)55-54(53(48)52)49-30-39-19-21-47(28-41(39)32-51(49)59-55)57(44-16-8-12-35(3)24-44)45-17-9-13-36(4)25-45/h6-32H,1-5H3. The average molecular weight is 763 g/mol. The highest BCUT2D eigenvalue weighted by Crippen LogP contribution is 2.45. The van der Waals surface area contributed by atoms with Crippen molar-refractivity contribution < 1.29 is 8.83 Å². The maximum Gasteiger partial charge on any atom is 0.139 e. The molecule has 4 heteroatoms. The van der Waals surface area contributed by atoms with E-state index in [0.29, 0.717) is 0 Å². The van der Waals surface area contributed by atoms with E-state index in [0.717, 1.165) is 105 Å². The molecule has 0 atom stereocenters. The van der Waals surface area contributed by atoms with Crippen LogP contribution >= 0.6 is 0 Å². The monoisotopic (exact) mass is 762 g/mol. The Balaban J connectivity index is 1.06. The number of hydrogen-bond donors (Lipinski definition) is 0. The summed E-state index contributed by atoms with van der Waals surface area (Å²) >= 11 is 0. The van der Waals surface area contributed by atoms with Gasteiger partial charge in [0.1, 0.15) is 22.3 Å². The molecule has 0 saturated carbocycles. The molecule has 2 aromatic heterocycles. The quantitative estimate of drug-likeness (QED) is 0.169. The highest BCUT2D eigenvalue weighted by atomic mass is 16.3. The second kappa shape index (κ2) is 13.4. The van der Waals surface area contributed by atoms with Gasteiger partial charge < -0.3 is 18.6 Å². The van der Waals surface area contributed by atoms with Crippen LogP contribution in [-0.4, -0.2) is 0 Å². The topological polar surface area (TPSA) is 32.8 Å². The number of rotatable bonds is 6. The summed E-state index contributed by atoms with van der Waals surface area (Å²) in [6.45, 7) is 10.7. The highest BCUT2D eigenvalue weighted by molar-refractivity contribution is 6.28. The van der Waals surface area contributed by atoms with Crippen molar-refractivity contribution in [2.75, 3.05) is 9.80 Å². The van der Waals surface area contributed by atoms with Crippen LogP contribution in [-0.2, 0) is 0 Å². The van der Waals surface area contributed by atoms with Crippen molar-refractivity contribution in [3.8, 4) is 0 Å². The Morgan fingerprint density at radius 2 is 0.729 bits per heavy atom. The van der Waals surface area contributed by atoms with Crippen molar-refractivity contribution in [1.29, 1.82) is 0 Å². The third-order valence-electron chi connectivity index (χ3n) is 11.8. The molecule has 0 saturated heterocycles. The van der Waals surface area contributed by atoms with Gasteiger partial charge in [-0.25, -0.2) is 0 Å². The first-order valence-electron chi connectivity index (χ1n) is 20.3. The zero-order valence-electron chi connectivity index (χ0n) is 33.8. The number of fused-ring (bicyclic) bond motifs is 9. The Kier molecular flexibility index (Phi) is 7.92. The normalized spacial score (nSPS) is 11.8. The summed E-state index contributed by atoms with van der Waals surface area (Å²) in [5.74, 6) is 0. The van der Waals surface area contributed by atoms with Gasteiger partial charge in [0.05, 0.1) is 0 Å². The minimum Gasteiger partial charge on any atom is -0.456 e. The molecule has 0 spiro atoms. The molecule has 0 fully saturated rings. The second-order valence-corrected chi connectivity index (χ2v) is 16.3. The number of hydrogen-bond acceptors (Lipinski definition) is 4. The molecule has 0 bridgehead atoms. The van der Waals surface area contributed by atoms with Gasteiger partial charge in [-0.15, -0.1) is 0 Å². The molecule has 2 heterocycles. The predicted octanol–water partition coefficient (Wildman–Crippen LogP) is 16.3. The summed E-state index contributed by atoms with van der Waals surface area (Å²) in [4.78, 5) is 4.67. The van der Waals surface area contributed by atoms with Gasteiger partial charge in [-0.1, -0.05) is 60.7 Å². The van der Waals surface area contributed by atoms with Gasteiger partial charge in [0.2, 0.25) is 0 Å². The number of nitrogens with zero attached hydrogens (tertiary/aromatic N) is 2. The Hall–Kier alpha value is -7.30. The molecule has 0 aliphatic carbocycles. The second-order valence-electron chi connectivity index (χ2n) is 16.3. The van der Waals surface area contributed by atoms with Gasteiger partial charge in [-0.3, -0.25) is 0 Å². The van der Waals surface area contributed by atoms with E-state index in [1.165, 1.54) is 22.3 Å². The molecule has 0 aliphatic rings. The summed E-state index contributed by atoms with van der Waals surface area (Å²) in [6, 6.07) is 59.4. The summed E-state index contributed by atoms with van der Waals surface area (Å²) in [7, 11) is 0.